The molecule has 2 saturated heterocycles. The zero-order chi connectivity index (χ0) is 22.4. The number of carbonyl (C=O) groups is 3. The minimum atomic E-state index is -5.08. The summed E-state index contributed by atoms with van der Waals surface area (Å²) in [5, 5.41) is 19.2. The average Bonchev–Trinajstić information content (AvgIpc) is 3.27. The lowest BCUT2D eigenvalue weighted by atomic mass is 9.97. The van der Waals surface area contributed by atoms with Crippen molar-refractivity contribution in [2.24, 2.45) is 0 Å². The van der Waals surface area contributed by atoms with Gasteiger partial charge in [-0.2, -0.15) is 13.2 Å². The number of amides is 1. The van der Waals surface area contributed by atoms with Crippen LogP contribution >= 0.6 is 0 Å². The van der Waals surface area contributed by atoms with Crippen LogP contribution in [-0.4, -0.2) is 75.5 Å². The Labute approximate surface area is 169 Å². The predicted octanol–water partition coefficient (Wildman–Crippen LogP) is 1.75. The van der Waals surface area contributed by atoms with Crippen LogP contribution in [0.3, 0.4) is 0 Å². The molecular weight excluding hydrogens is 411 g/mol. The van der Waals surface area contributed by atoms with E-state index in [2.05, 4.69) is 10.3 Å². The molecule has 30 heavy (non-hydrogen) atoms. The first-order chi connectivity index (χ1) is 14.0. The van der Waals surface area contributed by atoms with Crippen LogP contribution in [0.2, 0.25) is 0 Å². The van der Waals surface area contributed by atoms with E-state index in [1.54, 1.807) is 17.3 Å². The second-order valence-corrected chi connectivity index (χ2v) is 7.04. The minimum Gasteiger partial charge on any atom is -0.481 e. The molecule has 1 spiro atoms. The molecule has 12 heteroatoms. The number of aromatic nitrogens is 1. The third-order valence-corrected chi connectivity index (χ3v) is 4.71. The van der Waals surface area contributed by atoms with Crippen molar-refractivity contribution in [2.75, 3.05) is 25.0 Å². The van der Waals surface area contributed by atoms with Gasteiger partial charge in [0.2, 0.25) is 5.91 Å². The number of pyridine rings is 1. The summed E-state index contributed by atoms with van der Waals surface area (Å²) in [4.78, 5) is 37.3. The molecule has 2 fully saturated rings. The molecule has 2 unspecified atom stereocenters. The Balaban J connectivity index is 0.000000396. The van der Waals surface area contributed by atoms with Crippen LogP contribution in [0.25, 0.3) is 0 Å². The van der Waals surface area contributed by atoms with Gasteiger partial charge in [-0.15, -0.1) is 0 Å². The van der Waals surface area contributed by atoms with Gasteiger partial charge in [-0.25, -0.2) is 4.79 Å². The number of ether oxygens (including phenoxy) is 1. The molecular formula is C18H22F3N3O6. The van der Waals surface area contributed by atoms with Crippen LogP contribution in [-0.2, 0) is 19.1 Å². The molecule has 0 aromatic carbocycles. The number of carboxylic acid groups (broad SMARTS) is 2. The highest BCUT2D eigenvalue weighted by Crippen LogP contribution is 2.36. The molecule has 3 N–H and O–H groups in total. The molecule has 0 radical (unpaired) electrons. The highest BCUT2D eigenvalue weighted by molar-refractivity contribution is 5.81. The van der Waals surface area contributed by atoms with Crippen molar-refractivity contribution in [1.82, 2.24) is 9.88 Å². The zero-order valence-corrected chi connectivity index (χ0v) is 15.9. The number of likely N-dealkylation sites (tertiary alicyclic amines) is 1. The number of carboxylic acids is 2. The van der Waals surface area contributed by atoms with Gasteiger partial charge in [0.1, 0.15) is 0 Å². The SMILES string of the molecule is O=C(O)C(F)(F)F.O=C(O)CCC(=O)N1CCC2(CC(Nc3cccnc3)CO2)C1. The molecule has 166 valence electrons. The average molecular weight is 433 g/mol. The Hall–Kier alpha value is -2.89. The first-order valence-electron chi connectivity index (χ1n) is 9.11. The standard InChI is InChI=1S/C16H21N3O4.C2HF3O2/c20-14(3-4-15(21)22)19-7-5-16(11-19)8-13(10-23-16)18-12-2-1-6-17-9-12;3-2(4,5)1(6)7/h1-2,6,9,13,18H,3-5,7-8,10-11H2,(H,21,22);(H,6,7). The minimum absolute atomic E-state index is 0.0583. The Morgan fingerprint density at radius 1 is 1.30 bits per heavy atom. The molecule has 0 aliphatic carbocycles. The smallest absolute Gasteiger partial charge is 0.481 e. The highest BCUT2D eigenvalue weighted by atomic mass is 19.4. The van der Waals surface area contributed by atoms with Crippen molar-refractivity contribution in [1.29, 1.82) is 0 Å². The van der Waals surface area contributed by atoms with E-state index in [-0.39, 0.29) is 30.4 Å². The molecule has 2 aliphatic rings. The second kappa shape index (κ2) is 9.74. The van der Waals surface area contributed by atoms with Crippen molar-refractivity contribution in [3.63, 3.8) is 0 Å². The Morgan fingerprint density at radius 2 is 2.00 bits per heavy atom. The third kappa shape index (κ3) is 6.87. The number of hydrogen-bond acceptors (Lipinski definition) is 6. The van der Waals surface area contributed by atoms with Crippen LogP contribution in [0.5, 0.6) is 0 Å². The van der Waals surface area contributed by atoms with E-state index in [1.165, 1.54) is 0 Å². The molecule has 1 amide bonds. The van der Waals surface area contributed by atoms with Crippen molar-refractivity contribution in [3.8, 4) is 0 Å². The molecule has 9 nitrogen and oxygen atoms in total. The second-order valence-electron chi connectivity index (χ2n) is 7.04. The van der Waals surface area contributed by atoms with Crippen molar-refractivity contribution in [2.45, 2.75) is 43.5 Å². The van der Waals surface area contributed by atoms with Crippen LogP contribution in [0.1, 0.15) is 25.7 Å². The van der Waals surface area contributed by atoms with Gasteiger partial charge < -0.3 is 25.2 Å². The maximum atomic E-state index is 12.0. The van der Waals surface area contributed by atoms with Crippen molar-refractivity contribution < 1.29 is 42.5 Å². The summed E-state index contributed by atoms with van der Waals surface area (Å²) in [6.45, 7) is 1.79. The van der Waals surface area contributed by atoms with Gasteiger partial charge in [0.05, 0.1) is 30.4 Å². The summed E-state index contributed by atoms with van der Waals surface area (Å²) in [7, 11) is 0. The topological polar surface area (TPSA) is 129 Å². The predicted molar refractivity (Wildman–Crippen MR) is 96.7 cm³/mol. The van der Waals surface area contributed by atoms with Crippen molar-refractivity contribution >= 4 is 23.5 Å². The summed E-state index contributed by atoms with van der Waals surface area (Å²) < 4.78 is 37.7. The Kier molecular flexibility index (Phi) is 7.59. The van der Waals surface area contributed by atoms with E-state index in [4.69, 9.17) is 19.7 Å². The number of alkyl halides is 3. The van der Waals surface area contributed by atoms with Crippen LogP contribution < -0.4 is 5.32 Å². The number of hydrogen-bond donors (Lipinski definition) is 3. The van der Waals surface area contributed by atoms with Gasteiger partial charge in [0.25, 0.3) is 0 Å². The van der Waals surface area contributed by atoms with E-state index in [1.807, 2.05) is 12.1 Å². The monoisotopic (exact) mass is 433 g/mol. The maximum absolute atomic E-state index is 12.0. The van der Waals surface area contributed by atoms with E-state index in [9.17, 15) is 22.8 Å². The first-order valence-corrected chi connectivity index (χ1v) is 9.11. The number of anilines is 1. The summed E-state index contributed by atoms with van der Waals surface area (Å²) >= 11 is 0. The maximum Gasteiger partial charge on any atom is 0.490 e. The fraction of sp³-hybridized carbons (Fsp3) is 0.556. The summed E-state index contributed by atoms with van der Waals surface area (Å²) in [6.07, 6.45) is 0.00949. The van der Waals surface area contributed by atoms with Gasteiger partial charge in [0, 0.05) is 38.3 Å². The fourth-order valence-electron chi connectivity index (χ4n) is 3.33. The normalized spacial score (nSPS) is 23.0. The lowest BCUT2D eigenvalue weighted by Crippen LogP contribution is -2.36. The fourth-order valence-corrected chi connectivity index (χ4v) is 3.33. The Morgan fingerprint density at radius 3 is 2.57 bits per heavy atom. The summed E-state index contributed by atoms with van der Waals surface area (Å²) in [5.41, 5.74) is 0.671. The number of halogens is 3. The molecule has 3 heterocycles. The lowest BCUT2D eigenvalue weighted by molar-refractivity contribution is -0.192. The zero-order valence-electron chi connectivity index (χ0n) is 15.9. The molecule has 1 aromatic rings. The number of rotatable bonds is 5. The van der Waals surface area contributed by atoms with E-state index >= 15 is 0 Å². The van der Waals surface area contributed by atoms with Crippen LogP contribution in [0.15, 0.2) is 24.5 Å². The molecule has 2 atom stereocenters. The number of nitrogens with zero attached hydrogens (tertiary/aromatic N) is 2. The number of nitrogens with one attached hydrogen (secondary N) is 1. The lowest BCUT2D eigenvalue weighted by Gasteiger charge is -2.23. The molecule has 0 bridgehead atoms. The molecule has 0 saturated carbocycles. The number of carbonyl (C=O) groups excluding carboxylic acids is 1. The van der Waals surface area contributed by atoms with Gasteiger partial charge in [-0.1, -0.05) is 0 Å². The molecule has 3 rings (SSSR count). The Bertz CT molecular complexity index is 761. The van der Waals surface area contributed by atoms with Gasteiger partial charge in [0.15, 0.2) is 0 Å². The third-order valence-electron chi connectivity index (χ3n) is 4.71. The van der Waals surface area contributed by atoms with Crippen LogP contribution in [0, 0.1) is 0 Å². The van der Waals surface area contributed by atoms with Gasteiger partial charge in [-0.3, -0.25) is 14.6 Å². The number of aliphatic carboxylic acids is 2. The first kappa shape index (κ1) is 23.4. The summed E-state index contributed by atoms with van der Waals surface area (Å²) in [6, 6.07) is 4.05. The van der Waals surface area contributed by atoms with Crippen molar-refractivity contribution in [3.05, 3.63) is 24.5 Å². The van der Waals surface area contributed by atoms with Gasteiger partial charge in [-0.05, 0) is 18.6 Å². The molecule has 1 aromatic heterocycles. The van der Waals surface area contributed by atoms with Gasteiger partial charge >= 0.3 is 18.1 Å². The van der Waals surface area contributed by atoms with E-state index in [0.717, 1.165) is 18.5 Å². The highest BCUT2D eigenvalue weighted by Gasteiger charge is 2.46. The quantitative estimate of drug-likeness (QED) is 0.641. The van der Waals surface area contributed by atoms with E-state index < -0.39 is 18.1 Å². The largest absolute Gasteiger partial charge is 0.490 e. The molecule has 2 aliphatic heterocycles. The van der Waals surface area contributed by atoms with E-state index in [0.29, 0.717) is 19.7 Å². The van der Waals surface area contributed by atoms with Crippen LogP contribution in [0.4, 0.5) is 18.9 Å². The summed E-state index contributed by atoms with van der Waals surface area (Å²) in [5.74, 6) is -3.80.